The number of carbonyl (C=O) groups is 1. The number of nitrogens with one attached hydrogen (secondary N) is 2. The summed E-state index contributed by atoms with van der Waals surface area (Å²) < 4.78 is 5.36. The van der Waals surface area contributed by atoms with Crippen LogP contribution in [0.1, 0.15) is 89.7 Å². The monoisotopic (exact) mass is 430 g/mol. The van der Waals surface area contributed by atoms with Crippen molar-refractivity contribution >= 4 is 5.97 Å². The molecule has 172 valence electrons. The molecule has 0 aliphatic carbocycles. The van der Waals surface area contributed by atoms with E-state index in [4.69, 9.17) is 14.4 Å². The number of aromatic nitrogens is 1. The van der Waals surface area contributed by atoms with Crippen molar-refractivity contribution in [3.63, 3.8) is 0 Å². The highest BCUT2D eigenvalue weighted by Gasteiger charge is 2.27. The van der Waals surface area contributed by atoms with Gasteiger partial charge in [-0.2, -0.15) is 5.16 Å². The fourth-order valence-corrected chi connectivity index (χ4v) is 3.88. The topological polar surface area (TPSA) is 95.3 Å². The van der Waals surface area contributed by atoms with Crippen molar-refractivity contribution in [1.29, 1.82) is 0 Å². The Bertz CT molecular complexity index is 892. The number of rotatable bonds is 3. The highest BCUT2D eigenvalue weighted by atomic mass is 16.5. The molecule has 6 heteroatoms. The van der Waals surface area contributed by atoms with Crippen LogP contribution in [0.4, 0.5) is 0 Å². The molecule has 2 heterocycles. The van der Waals surface area contributed by atoms with Crippen LogP contribution in [0.2, 0.25) is 0 Å². The number of H-pyrrole nitrogens is 1. The summed E-state index contributed by atoms with van der Waals surface area (Å²) in [6.07, 6.45) is 3.00. The van der Waals surface area contributed by atoms with E-state index < -0.39 is 5.97 Å². The second-order valence-corrected chi connectivity index (χ2v) is 10.6. The summed E-state index contributed by atoms with van der Waals surface area (Å²) in [7, 11) is 0. The van der Waals surface area contributed by atoms with E-state index in [-0.39, 0.29) is 16.4 Å². The zero-order chi connectivity index (χ0) is 23.4. The summed E-state index contributed by atoms with van der Waals surface area (Å²) in [5, 5.41) is 13.5. The highest BCUT2D eigenvalue weighted by Crippen LogP contribution is 2.32. The van der Waals surface area contributed by atoms with Crippen LogP contribution in [-0.2, 0) is 22.0 Å². The van der Waals surface area contributed by atoms with Crippen molar-refractivity contribution < 1.29 is 14.4 Å². The summed E-state index contributed by atoms with van der Waals surface area (Å²) in [5.41, 5.74) is 4.30. The molecule has 1 aliphatic heterocycles. The Labute approximate surface area is 185 Å². The van der Waals surface area contributed by atoms with Gasteiger partial charge in [0.05, 0.1) is 0 Å². The van der Waals surface area contributed by atoms with Gasteiger partial charge in [-0.25, -0.2) is 0 Å². The first kappa shape index (κ1) is 24.9. The van der Waals surface area contributed by atoms with Gasteiger partial charge in [-0.15, -0.1) is 0 Å². The number of hydrogen-bond donors (Lipinski definition) is 3. The van der Waals surface area contributed by atoms with Crippen LogP contribution in [0, 0.1) is 0 Å². The van der Waals surface area contributed by atoms with Gasteiger partial charge in [-0.05, 0) is 53.3 Å². The van der Waals surface area contributed by atoms with Gasteiger partial charge in [-0.1, -0.05) is 59.7 Å². The molecule has 1 aromatic carbocycles. The molecule has 1 aliphatic rings. The molecule has 2 aromatic rings. The molecule has 0 radical (unpaired) electrons. The minimum atomic E-state index is -0.833. The molecule has 1 saturated heterocycles. The van der Waals surface area contributed by atoms with Gasteiger partial charge in [-0.3, -0.25) is 9.59 Å². The zero-order valence-corrected chi connectivity index (χ0v) is 20.0. The van der Waals surface area contributed by atoms with Crippen LogP contribution >= 0.6 is 0 Å². The smallest absolute Gasteiger partial charge is 0.300 e. The zero-order valence-electron chi connectivity index (χ0n) is 20.0. The first-order valence-electron chi connectivity index (χ1n) is 11.0. The molecular formula is C25H38N2O4. The van der Waals surface area contributed by atoms with E-state index in [1.54, 1.807) is 6.07 Å². The Morgan fingerprint density at radius 3 is 2.06 bits per heavy atom. The van der Waals surface area contributed by atoms with Crippen molar-refractivity contribution in [3.05, 3.63) is 57.1 Å². The molecule has 31 heavy (non-hydrogen) atoms. The molecule has 6 nitrogen and oxygen atoms in total. The Morgan fingerprint density at radius 2 is 1.61 bits per heavy atom. The quantitative estimate of drug-likeness (QED) is 0.654. The van der Waals surface area contributed by atoms with E-state index in [1.165, 1.54) is 16.7 Å². The summed E-state index contributed by atoms with van der Waals surface area (Å²) in [4.78, 5) is 20.4. The van der Waals surface area contributed by atoms with Gasteiger partial charge in [0.25, 0.3) is 11.5 Å². The molecule has 1 fully saturated rings. The fraction of sp³-hybridized carbons (Fsp3) is 0.600. The average Bonchev–Trinajstić information content (AvgIpc) is 3.06. The normalized spacial score (nSPS) is 19.5. The van der Waals surface area contributed by atoms with Gasteiger partial charge in [0, 0.05) is 24.9 Å². The largest absolute Gasteiger partial charge is 0.481 e. The SMILES string of the molecule is CC(=O)O.CC(C)(C)c1cc(C[C@H]2C[C@H](c3cc(=O)[nH]o3)CCN2)cc(C(C)(C)C)c1. The standard InChI is InChI=1S/C23H34N2O2.C2H4O2/c1-22(2,3)17-9-15(10-18(13-17)23(4,5)6)11-19-12-16(7-8-24-19)20-14-21(26)25-27-20;1-2(3)4/h9-10,13-14,16,19,24H,7-8,11-12H2,1-6H3,(H,25,26);1H3,(H,3,4)/t16-,19+;/m1./s1. The maximum Gasteiger partial charge on any atom is 0.300 e. The van der Waals surface area contributed by atoms with Crippen LogP contribution in [-0.4, -0.2) is 28.8 Å². The third-order valence-electron chi connectivity index (χ3n) is 5.65. The van der Waals surface area contributed by atoms with Crippen molar-refractivity contribution in [2.75, 3.05) is 6.54 Å². The highest BCUT2D eigenvalue weighted by molar-refractivity contribution is 5.62. The number of carboxylic acid groups (broad SMARTS) is 1. The molecule has 1 aromatic heterocycles. The van der Waals surface area contributed by atoms with E-state index >= 15 is 0 Å². The van der Waals surface area contributed by atoms with E-state index in [1.807, 2.05) is 0 Å². The molecule has 3 N–H and O–H groups in total. The minimum Gasteiger partial charge on any atom is -0.481 e. The molecule has 2 atom stereocenters. The van der Waals surface area contributed by atoms with E-state index in [0.717, 1.165) is 38.5 Å². The lowest BCUT2D eigenvalue weighted by Crippen LogP contribution is -2.38. The van der Waals surface area contributed by atoms with Crippen LogP contribution in [0.5, 0.6) is 0 Å². The van der Waals surface area contributed by atoms with Crippen molar-refractivity contribution in [2.45, 2.75) is 90.5 Å². The number of aliphatic carboxylic acids is 1. The Balaban J connectivity index is 0.000000785. The molecule has 0 amide bonds. The Kier molecular flexibility index (Phi) is 7.93. The second-order valence-electron chi connectivity index (χ2n) is 10.6. The number of aromatic amines is 1. The van der Waals surface area contributed by atoms with E-state index in [2.05, 4.69) is 70.2 Å². The maximum absolute atomic E-state index is 11.4. The summed E-state index contributed by atoms with van der Waals surface area (Å²) in [6, 6.07) is 9.11. The van der Waals surface area contributed by atoms with Gasteiger partial charge in [0.2, 0.25) is 0 Å². The first-order chi connectivity index (χ1) is 14.3. The van der Waals surface area contributed by atoms with Crippen molar-refractivity contribution in [3.8, 4) is 0 Å². The predicted octanol–water partition coefficient (Wildman–Crippen LogP) is 4.73. The summed E-state index contributed by atoms with van der Waals surface area (Å²) in [6.45, 7) is 15.7. The first-order valence-corrected chi connectivity index (χ1v) is 11.0. The van der Waals surface area contributed by atoms with Crippen molar-refractivity contribution in [1.82, 2.24) is 10.5 Å². The predicted molar refractivity (Wildman–Crippen MR) is 124 cm³/mol. The summed E-state index contributed by atoms with van der Waals surface area (Å²) >= 11 is 0. The molecule has 0 unspecified atom stereocenters. The second kappa shape index (κ2) is 9.86. The third-order valence-corrected chi connectivity index (χ3v) is 5.65. The van der Waals surface area contributed by atoms with Crippen LogP contribution < -0.4 is 10.9 Å². The van der Waals surface area contributed by atoms with Gasteiger partial charge < -0.3 is 14.9 Å². The number of piperidine rings is 1. The lowest BCUT2D eigenvalue weighted by molar-refractivity contribution is -0.134. The third kappa shape index (κ3) is 7.69. The fourth-order valence-electron chi connectivity index (χ4n) is 3.88. The maximum atomic E-state index is 11.4. The summed E-state index contributed by atoms with van der Waals surface area (Å²) in [5.74, 6) is 0.272. The van der Waals surface area contributed by atoms with E-state index in [9.17, 15) is 4.79 Å². The van der Waals surface area contributed by atoms with Gasteiger partial charge >= 0.3 is 0 Å². The Morgan fingerprint density at radius 1 is 1.06 bits per heavy atom. The lowest BCUT2D eigenvalue weighted by Gasteiger charge is -2.31. The lowest BCUT2D eigenvalue weighted by atomic mass is 9.78. The van der Waals surface area contributed by atoms with Gasteiger partial charge in [0.15, 0.2) is 0 Å². The molecule has 0 bridgehead atoms. The van der Waals surface area contributed by atoms with Crippen LogP contribution in [0.15, 0.2) is 33.6 Å². The molecule has 0 saturated carbocycles. The molecular weight excluding hydrogens is 392 g/mol. The number of carboxylic acids is 1. The number of benzene rings is 1. The molecule has 0 spiro atoms. The van der Waals surface area contributed by atoms with Crippen molar-refractivity contribution in [2.24, 2.45) is 0 Å². The van der Waals surface area contributed by atoms with Crippen LogP contribution in [0.3, 0.4) is 0 Å². The Hall–Kier alpha value is -2.34. The average molecular weight is 431 g/mol. The van der Waals surface area contributed by atoms with E-state index in [0.29, 0.717) is 12.0 Å². The van der Waals surface area contributed by atoms with Crippen LogP contribution in [0.25, 0.3) is 0 Å². The molecule has 3 rings (SSSR count). The van der Waals surface area contributed by atoms with Gasteiger partial charge in [0.1, 0.15) is 5.76 Å². The minimum absolute atomic E-state index is 0.132. The number of hydrogen-bond acceptors (Lipinski definition) is 4.